The molecule has 1 spiro atoms. The van der Waals surface area contributed by atoms with Gasteiger partial charge in [-0.2, -0.15) is 5.10 Å². The van der Waals surface area contributed by atoms with E-state index in [-0.39, 0.29) is 6.04 Å². The van der Waals surface area contributed by atoms with Crippen molar-refractivity contribution in [3.63, 3.8) is 0 Å². The van der Waals surface area contributed by atoms with Crippen molar-refractivity contribution in [3.05, 3.63) is 58.6 Å². The lowest BCUT2D eigenvalue weighted by Crippen LogP contribution is -2.59. The topological polar surface area (TPSA) is 37.3 Å². The van der Waals surface area contributed by atoms with E-state index in [1.807, 2.05) is 24.3 Å². The molecule has 3 aliphatic heterocycles. The lowest BCUT2D eigenvalue weighted by Gasteiger charge is -2.51. The average Bonchev–Trinajstić information content (AvgIpc) is 3.21. The van der Waals surface area contributed by atoms with Crippen LogP contribution in [0.25, 0.3) is 0 Å². The van der Waals surface area contributed by atoms with Crippen LogP contribution in [0.5, 0.6) is 11.5 Å². The Kier molecular flexibility index (Phi) is 4.91. The van der Waals surface area contributed by atoms with Crippen LogP contribution >= 0.6 is 11.6 Å². The summed E-state index contributed by atoms with van der Waals surface area (Å²) >= 11 is 6.11. The molecule has 0 saturated carbocycles. The number of hydrazone groups is 1. The van der Waals surface area contributed by atoms with Crippen molar-refractivity contribution in [3.8, 4) is 11.5 Å². The van der Waals surface area contributed by atoms with Gasteiger partial charge in [-0.1, -0.05) is 35.9 Å². The third-order valence-corrected chi connectivity index (χ3v) is 6.95. The van der Waals surface area contributed by atoms with Crippen LogP contribution in [0.3, 0.4) is 0 Å². The maximum atomic E-state index is 6.77. The van der Waals surface area contributed by atoms with Gasteiger partial charge in [0.05, 0.1) is 18.9 Å². The molecule has 6 heteroatoms. The first-order chi connectivity index (χ1) is 14.5. The SMILES string of the molecule is COc1cccc2c1OC1(CCN(C(C)C)CC1)N1N=C(c3ccc(Cl)cc3)C[C@H]21. The lowest BCUT2D eigenvalue weighted by atomic mass is 9.90. The van der Waals surface area contributed by atoms with Crippen molar-refractivity contribution in [1.29, 1.82) is 0 Å². The van der Waals surface area contributed by atoms with Crippen LogP contribution in [-0.4, -0.2) is 47.6 Å². The summed E-state index contributed by atoms with van der Waals surface area (Å²) in [7, 11) is 1.71. The third-order valence-electron chi connectivity index (χ3n) is 6.70. The minimum absolute atomic E-state index is 0.153. The summed E-state index contributed by atoms with van der Waals surface area (Å²) in [5, 5.41) is 8.12. The van der Waals surface area contributed by atoms with Gasteiger partial charge in [0, 0.05) is 49.0 Å². The number of likely N-dealkylation sites (tertiary alicyclic amines) is 1. The number of hydrogen-bond donors (Lipinski definition) is 0. The normalized spacial score (nSPS) is 22.5. The minimum Gasteiger partial charge on any atom is -0.493 e. The van der Waals surface area contributed by atoms with Gasteiger partial charge in [-0.25, -0.2) is 5.01 Å². The zero-order valence-electron chi connectivity index (χ0n) is 17.8. The Labute approximate surface area is 183 Å². The Morgan fingerprint density at radius 3 is 2.53 bits per heavy atom. The van der Waals surface area contributed by atoms with Gasteiger partial charge >= 0.3 is 0 Å². The first kappa shape index (κ1) is 19.7. The molecule has 3 heterocycles. The van der Waals surface area contributed by atoms with E-state index in [4.69, 9.17) is 26.2 Å². The van der Waals surface area contributed by atoms with Gasteiger partial charge in [0.1, 0.15) is 0 Å². The third kappa shape index (κ3) is 3.15. The molecule has 0 aromatic heterocycles. The Bertz CT molecular complexity index is 965. The first-order valence-corrected chi connectivity index (χ1v) is 11.1. The van der Waals surface area contributed by atoms with Gasteiger partial charge < -0.3 is 14.4 Å². The molecule has 5 rings (SSSR count). The molecule has 2 aromatic rings. The molecule has 158 valence electrons. The molecule has 5 nitrogen and oxygen atoms in total. The maximum absolute atomic E-state index is 6.77. The van der Waals surface area contributed by atoms with Gasteiger partial charge in [-0.15, -0.1) is 0 Å². The zero-order chi connectivity index (χ0) is 20.9. The largest absolute Gasteiger partial charge is 0.493 e. The molecule has 0 amide bonds. The van der Waals surface area contributed by atoms with Crippen LogP contribution in [0.2, 0.25) is 5.02 Å². The fourth-order valence-corrected chi connectivity index (χ4v) is 5.09. The number of piperidine rings is 1. The Morgan fingerprint density at radius 2 is 1.87 bits per heavy atom. The van der Waals surface area contributed by atoms with E-state index in [0.29, 0.717) is 6.04 Å². The van der Waals surface area contributed by atoms with Crippen LogP contribution in [0.1, 0.15) is 50.3 Å². The van der Waals surface area contributed by atoms with Crippen molar-refractivity contribution < 1.29 is 9.47 Å². The average molecular weight is 426 g/mol. The first-order valence-electron chi connectivity index (χ1n) is 10.7. The standard InChI is InChI=1S/C24H28ClN3O2/c1-16(2)27-13-11-24(12-14-27)28-21(19-5-4-6-22(29-3)23(19)30-24)15-20(26-28)17-7-9-18(25)10-8-17/h4-10,16,21H,11-15H2,1-3H3/t21-/m1/s1. The molecule has 1 atom stereocenters. The molecule has 0 aliphatic carbocycles. The highest BCUT2D eigenvalue weighted by Crippen LogP contribution is 2.52. The second-order valence-corrected chi connectivity index (χ2v) is 9.11. The smallest absolute Gasteiger partial charge is 0.200 e. The summed E-state index contributed by atoms with van der Waals surface area (Å²) in [6.45, 7) is 6.51. The molecule has 30 heavy (non-hydrogen) atoms. The fourth-order valence-electron chi connectivity index (χ4n) is 4.97. The van der Waals surface area contributed by atoms with Gasteiger partial charge in [-0.05, 0) is 37.6 Å². The summed E-state index contributed by atoms with van der Waals surface area (Å²) < 4.78 is 12.4. The quantitative estimate of drug-likeness (QED) is 0.686. The second kappa shape index (κ2) is 7.47. The van der Waals surface area contributed by atoms with E-state index >= 15 is 0 Å². The highest BCUT2D eigenvalue weighted by molar-refractivity contribution is 6.30. The van der Waals surface area contributed by atoms with Crippen molar-refractivity contribution >= 4 is 17.3 Å². The number of nitrogens with zero attached hydrogens (tertiary/aromatic N) is 3. The van der Waals surface area contributed by atoms with Crippen LogP contribution in [-0.2, 0) is 0 Å². The molecule has 3 aliphatic rings. The summed E-state index contributed by atoms with van der Waals surface area (Å²) in [5.41, 5.74) is 2.92. The highest BCUT2D eigenvalue weighted by Gasteiger charge is 2.52. The molecule has 1 fully saturated rings. The summed E-state index contributed by atoms with van der Waals surface area (Å²) in [4.78, 5) is 2.52. The monoisotopic (exact) mass is 425 g/mol. The van der Waals surface area contributed by atoms with E-state index in [9.17, 15) is 0 Å². The number of rotatable bonds is 3. The van der Waals surface area contributed by atoms with Gasteiger partial charge in [-0.3, -0.25) is 0 Å². The predicted octanol–water partition coefficient (Wildman–Crippen LogP) is 5.09. The maximum Gasteiger partial charge on any atom is 0.200 e. The molecule has 0 bridgehead atoms. The van der Waals surface area contributed by atoms with Gasteiger partial charge in [0.25, 0.3) is 0 Å². The summed E-state index contributed by atoms with van der Waals surface area (Å²) in [6.07, 6.45) is 2.67. The van der Waals surface area contributed by atoms with E-state index in [2.05, 4.69) is 42.0 Å². The van der Waals surface area contributed by atoms with E-state index in [1.54, 1.807) is 7.11 Å². The van der Waals surface area contributed by atoms with Crippen molar-refractivity contribution in [2.24, 2.45) is 5.10 Å². The second-order valence-electron chi connectivity index (χ2n) is 8.67. The van der Waals surface area contributed by atoms with Crippen LogP contribution in [0.4, 0.5) is 0 Å². The molecule has 0 radical (unpaired) electrons. The van der Waals surface area contributed by atoms with Crippen LogP contribution in [0.15, 0.2) is 47.6 Å². The number of fused-ring (bicyclic) bond motifs is 4. The van der Waals surface area contributed by atoms with Crippen molar-refractivity contribution in [1.82, 2.24) is 9.91 Å². The Morgan fingerprint density at radius 1 is 1.13 bits per heavy atom. The number of hydrogen-bond acceptors (Lipinski definition) is 5. The van der Waals surface area contributed by atoms with Crippen LogP contribution in [0, 0.1) is 0 Å². The number of benzene rings is 2. The number of methoxy groups -OCH3 is 1. The fraction of sp³-hybridized carbons (Fsp3) is 0.458. The molecule has 0 N–H and O–H groups in total. The molecular weight excluding hydrogens is 398 g/mol. The van der Waals surface area contributed by atoms with E-state index in [0.717, 1.165) is 65.7 Å². The number of halogens is 1. The number of para-hydroxylation sites is 1. The molecular formula is C24H28ClN3O2. The van der Waals surface area contributed by atoms with Gasteiger partial charge in [0.2, 0.25) is 5.72 Å². The highest BCUT2D eigenvalue weighted by atomic mass is 35.5. The zero-order valence-corrected chi connectivity index (χ0v) is 18.5. The predicted molar refractivity (Wildman–Crippen MR) is 119 cm³/mol. The van der Waals surface area contributed by atoms with Gasteiger partial charge in [0.15, 0.2) is 11.5 Å². The number of ether oxygens (including phenoxy) is 2. The van der Waals surface area contributed by atoms with Crippen LogP contribution < -0.4 is 9.47 Å². The summed E-state index contributed by atoms with van der Waals surface area (Å²) in [6, 6.07) is 14.8. The lowest BCUT2D eigenvalue weighted by molar-refractivity contribution is -0.153. The van der Waals surface area contributed by atoms with E-state index in [1.165, 1.54) is 0 Å². The summed E-state index contributed by atoms with van der Waals surface area (Å²) in [5.74, 6) is 1.68. The minimum atomic E-state index is -0.439. The molecule has 2 aromatic carbocycles. The van der Waals surface area contributed by atoms with Crippen molar-refractivity contribution in [2.75, 3.05) is 20.2 Å². The molecule has 1 saturated heterocycles. The molecule has 0 unspecified atom stereocenters. The Balaban J connectivity index is 1.56. The van der Waals surface area contributed by atoms with Crippen molar-refractivity contribution in [2.45, 2.75) is 50.9 Å². The Hall–Kier alpha value is -2.24. The van der Waals surface area contributed by atoms with E-state index < -0.39 is 5.72 Å².